The van der Waals surface area contributed by atoms with Crippen molar-refractivity contribution < 1.29 is 28.6 Å². The Bertz CT molecular complexity index is 1440. The highest BCUT2D eigenvalue weighted by molar-refractivity contribution is 5.71. The molecule has 0 fully saturated rings. The molecule has 1 unspecified atom stereocenters. The molecule has 1 atom stereocenters. The van der Waals surface area contributed by atoms with Crippen LogP contribution in [0.2, 0.25) is 0 Å². The van der Waals surface area contributed by atoms with Crippen LogP contribution in [0.3, 0.4) is 0 Å². The SMILES string of the molecule is CC\C=C/C=C\C=C/C=C\C=C\C=C/C=C\CCCCCC(=O)OCC(COC(=O)CCCCCCC/C=C\CCCCCCCCC)OC(=O)CCCCCCCCC/C=C\CCCCCCCC. The molecule has 398 valence electrons. The Morgan fingerprint density at radius 1 is 0.300 bits per heavy atom. The maximum absolute atomic E-state index is 12.9. The van der Waals surface area contributed by atoms with Crippen molar-refractivity contribution in [2.75, 3.05) is 13.2 Å². The first-order valence-electron chi connectivity index (χ1n) is 29.0. The van der Waals surface area contributed by atoms with Gasteiger partial charge in [0.1, 0.15) is 13.2 Å². The largest absolute Gasteiger partial charge is 0.462 e. The lowest BCUT2D eigenvalue weighted by Crippen LogP contribution is -2.30. The third-order valence-corrected chi connectivity index (χ3v) is 12.2. The topological polar surface area (TPSA) is 78.9 Å². The lowest BCUT2D eigenvalue weighted by Gasteiger charge is -2.18. The second-order valence-corrected chi connectivity index (χ2v) is 19.0. The van der Waals surface area contributed by atoms with Gasteiger partial charge in [-0.2, -0.15) is 0 Å². The van der Waals surface area contributed by atoms with Gasteiger partial charge in [0.2, 0.25) is 0 Å². The molecule has 0 aliphatic carbocycles. The van der Waals surface area contributed by atoms with Crippen molar-refractivity contribution in [1.82, 2.24) is 0 Å². The van der Waals surface area contributed by atoms with Crippen molar-refractivity contribution >= 4 is 17.9 Å². The Labute approximate surface area is 431 Å². The van der Waals surface area contributed by atoms with Gasteiger partial charge < -0.3 is 14.2 Å². The molecule has 6 heteroatoms. The van der Waals surface area contributed by atoms with E-state index in [-0.39, 0.29) is 31.1 Å². The van der Waals surface area contributed by atoms with Gasteiger partial charge in [-0.3, -0.25) is 14.4 Å². The third kappa shape index (κ3) is 55.0. The van der Waals surface area contributed by atoms with E-state index in [9.17, 15) is 14.4 Å². The minimum absolute atomic E-state index is 0.100. The smallest absolute Gasteiger partial charge is 0.306 e. The van der Waals surface area contributed by atoms with Crippen molar-refractivity contribution in [2.24, 2.45) is 0 Å². The van der Waals surface area contributed by atoms with Crippen molar-refractivity contribution in [3.05, 3.63) is 109 Å². The number of rotatable bonds is 51. The fourth-order valence-corrected chi connectivity index (χ4v) is 7.83. The van der Waals surface area contributed by atoms with E-state index in [2.05, 4.69) is 57.2 Å². The van der Waals surface area contributed by atoms with Crippen LogP contribution in [0.1, 0.15) is 258 Å². The number of allylic oxidation sites excluding steroid dienone is 18. The molecule has 0 aliphatic rings. The molecule has 0 aromatic carbocycles. The summed E-state index contributed by atoms with van der Waals surface area (Å²) in [5.74, 6) is -0.956. The van der Waals surface area contributed by atoms with Crippen molar-refractivity contribution in [3.63, 3.8) is 0 Å². The minimum Gasteiger partial charge on any atom is -0.462 e. The first-order chi connectivity index (χ1) is 34.5. The predicted molar refractivity (Wildman–Crippen MR) is 302 cm³/mol. The molecule has 70 heavy (non-hydrogen) atoms. The number of hydrogen-bond donors (Lipinski definition) is 0. The molecule has 0 heterocycles. The summed E-state index contributed by atoms with van der Waals surface area (Å²) in [6.07, 6.45) is 77.8. The predicted octanol–water partition coefficient (Wildman–Crippen LogP) is 19.5. The van der Waals surface area contributed by atoms with E-state index >= 15 is 0 Å². The van der Waals surface area contributed by atoms with Crippen LogP contribution < -0.4 is 0 Å². The molecule has 0 aliphatic heterocycles. The summed E-state index contributed by atoms with van der Waals surface area (Å²) in [5.41, 5.74) is 0. The average Bonchev–Trinajstić information content (AvgIpc) is 3.36. The first kappa shape index (κ1) is 66.1. The molecule has 0 radical (unpaired) electrons. The molecular formula is C64H106O6. The summed E-state index contributed by atoms with van der Waals surface area (Å²) in [6.45, 7) is 6.44. The molecule has 0 rings (SSSR count). The third-order valence-electron chi connectivity index (χ3n) is 12.2. The van der Waals surface area contributed by atoms with Crippen LogP contribution in [0.4, 0.5) is 0 Å². The number of carbonyl (C=O) groups excluding carboxylic acids is 3. The summed E-state index contributed by atoms with van der Waals surface area (Å²) >= 11 is 0. The van der Waals surface area contributed by atoms with Gasteiger partial charge >= 0.3 is 17.9 Å². The van der Waals surface area contributed by atoms with Gasteiger partial charge in [0.05, 0.1) is 0 Å². The summed E-state index contributed by atoms with van der Waals surface area (Å²) in [7, 11) is 0. The van der Waals surface area contributed by atoms with Gasteiger partial charge in [-0.1, -0.05) is 259 Å². The molecule has 6 nitrogen and oxygen atoms in total. The molecule has 0 saturated carbocycles. The van der Waals surface area contributed by atoms with Crippen molar-refractivity contribution in [3.8, 4) is 0 Å². The zero-order valence-corrected chi connectivity index (χ0v) is 45.5. The highest BCUT2D eigenvalue weighted by Crippen LogP contribution is 2.15. The van der Waals surface area contributed by atoms with Crippen LogP contribution in [-0.2, 0) is 28.6 Å². The van der Waals surface area contributed by atoms with Crippen LogP contribution in [0, 0.1) is 0 Å². The molecule has 0 bridgehead atoms. The molecule has 0 spiro atoms. The highest BCUT2D eigenvalue weighted by Gasteiger charge is 2.19. The molecular weight excluding hydrogens is 865 g/mol. The minimum atomic E-state index is -0.805. The van der Waals surface area contributed by atoms with Gasteiger partial charge in [0.15, 0.2) is 6.10 Å². The molecule has 0 aromatic heterocycles. The van der Waals surface area contributed by atoms with Gasteiger partial charge in [-0.05, 0) is 89.9 Å². The summed E-state index contributed by atoms with van der Waals surface area (Å²) in [4.78, 5) is 38.2. The van der Waals surface area contributed by atoms with E-state index in [0.29, 0.717) is 19.3 Å². The zero-order chi connectivity index (χ0) is 50.7. The Kier molecular flexibility index (Phi) is 54.4. The van der Waals surface area contributed by atoms with Crippen LogP contribution in [0.5, 0.6) is 0 Å². The molecule has 0 amide bonds. The number of unbranched alkanes of at least 4 members (excludes halogenated alkanes) is 28. The van der Waals surface area contributed by atoms with E-state index in [1.54, 1.807) is 0 Å². The number of hydrogen-bond acceptors (Lipinski definition) is 6. The van der Waals surface area contributed by atoms with Gasteiger partial charge in [0, 0.05) is 19.3 Å². The fourth-order valence-electron chi connectivity index (χ4n) is 7.83. The highest BCUT2D eigenvalue weighted by atomic mass is 16.6. The van der Waals surface area contributed by atoms with E-state index in [1.807, 2.05) is 72.9 Å². The summed E-state index contributed by atoms with van der Waals surface area (Å²) in [5, 5.41) is 0. The molecule has 0 saturated heterocycles. The number of esters is 3. The Morgan fingerprint density at radius 2 is 0.571 bits per heavy atom. The Morgan fingerprint density at radius 3 is 0.929 bits per heavy atom. The van der Waals surface area contributed by atoms with Gasteiger partial charge in [-0.25, -0.2) is 0 Å². The Hall–Kier alpha value is -3.93. The van der Waals surface area contributed by atoms with Crippen molar-refractivity contribution in [2.45, 2.75) is 264 Å². The molecule has 0 aromatic rings. The van der Waals surface area contributed by atoms with E-state index in [4.69, 9.17) is 14.2 Å². The van der Waals surface area contributed by atoms with Crippen LogP contribution in [0.25, 0.3) is 0 Å². The fraction of sp³-hybridized carbons (Fsp3) is 0.672. The summed E-state index contributed by atoms with van der Waals surface area (Å²) in [6, 6.07) is 0. The Balaban J connectivity index is 4.51. The van der Waals surface area contributed by atoms with Crippen LogP contribution in [-0.4, -0.2) is 37.2 Å². The first-order valence-corrected chi connectivity index (χ1v) is 29.0. The number of ether oxygens (including phenoxy) is 3. The van der Waals surface area contributed by atoms with E-state index in [1.165, 1.54) is 135 Å². The van der Waals surface area contributed by atoms with E-state index in [0.717, 1.165) is 83.5 Å². The summed E-state index contributed by atoms with van der Waals surface area (Å²) < 4.78 is 16.8. The quantitative estimate of drug-likeness (QED) is 0.0199. The zero-order valence-electron chi connectivity index (χ0n) is 45.5. The van der Waals surface area contributed by atoms with Gasteiger partial charge in [-0.15, -0.1) is 0 Å². The van der Waals surface area contributed by atoms with Crippen LogP contribution >= 0.6 is 0 Å². The second-order valence-electron chi connectivity index (χ2n) is 19.0. The number of carbonyl (C=O) groups is 3. The van der Waals surface area contributed by atoms with Crippen LogP contribution in [0.15, 0.2) is 109 Å². The maximum Gasteiger partial charge on any atom is 0.306 e. The lowest BCUT2D eigenvalue weighted by atomic mass is 10.1. The standard InChI is InChI=1S/C64H106O6/c1-4-7-10-13-16-19-22-25-28-31-32-34-36-39-42-45-48-51-54-57-63(66)69-60-61(59-68-62(65)56-53-50-47-44-41-38-35-30-27-24-21-18-15-12-9-6-3)70-64(67)58-55-52-49-46-43-40-37-33-29-26-23-20-17-14-11-8-5-2/h7,10,13,16,19,22,25-26,28-32,34-36,39,42,61H,4-6,8-9,11-12,14-15,17-18,20-21,23-24,27,33,37-38,40-41,43-60H2,1-3H3/b10-7-,16-13-,22-19-,28-25-,29-26-,32-31+,35-30-,36-34-,42-39-. The maximum atomic E-state index is 12.9. The monoisotopic (exact) mass is 971 g/mol. The van der Waals surface area contributed by atoms with Gasteiger partial charge in [0.25, 0.3) is 0 Å². The van der Waals surface area contributed by atoms with E-state index < -0.39 is 6.10 Å². The normalized spacial score (nSPS) is 12.9. The van der Waals surface area contributed by atoms with Crippen molar-refractivity contribution in [1.29, 1.82) is 0 Å². The average molecular weight is 972 g/mol. The second kappa shape index (κ2) is 57.6. The molecule has 0 N–H and O–H groups in total. The lowest BCUT2D eigenvalue weighted by molar-refractivity contribution is -0.167.